The van der Waals surface area contributed by atoms with Gasteiger partial charge in [0.15, 0.2) is 11.5 Å². The minimum Gasteiger partial charge on any atom is -0.493 e. The van der Waals surface area contributed by atoms with Crippen molar-refractivity contribution in [3.63, 3.8) is 0 Å². The first-order valence-corrected chi connectivity index (χ1v) is 7.26. The van der Waals surface area contributed by atoms with Crippen molar-refractivity contribution in [2.45, 2.75) is 13.5 Å². The monoisotopic (exact) mass is 310 g/mol. The number of hydrogen-bond donors (Lipinski definition) is 0. The van der Waals surface area contributed by atoms with Gasteiger partial charge in [-0.25, -0.2) is 0 Å². The first-order chi connectivity index (χ1) is 11.2. The molecule has 6 heteroatoms. The number of aromatic nitrogens is 4. The minimum atomic E-state index is 0.520. The molecule has 6 nitrogen and oxygen atoms in total. The molecule has 118 valence electrons. The maximum absolute atomic E-state index is 5.35. The van der Waals surface area contributed by atoms with Gasteiger partial charge in [0.2, 0.25) is 5.82 Å². The number of tetrazole rings is 1. The molecule has 0 saturated carbocycles. The molecular weight excluding hydrogens is 292 g/mol. The molecule has 0 fully saturated rings. The maximum Gasteiger partial charge on any atom is 0.204 e. The second-order valence-corrected chi connectivity index (χ2v) is 5.14. The Labute approximate surface area is 134 Å². The summed E-state index contributed by atoms with van der Waals surface area (Å²) in [4.78, 5) is 1.58. The van der Waals surface area contributed by atoms with Crippen LogP contribution in [0.25, 0.3) is 11.4 Å². The van der Waals surface area contributed by atoms with Gasteiger partial charge >= 0.3 is 0 Å². The van der Waals surface area contributed by atoms with Crippen molar-refractivity contribution in [3.8, 4) is 22.9 Å². The molecule has 1 aromatic heterocycles. The van der Waals surface area contributed by atoms with Crippen LogP contribution in [0.3, 0.4) is 0 Å². The van der Waals surface area contributed by atoms with Crippen molar-refractivity contribution in [2.75, 3.05) is 14.2 Å². The van der Waals surface area contributed by atoms with E-state index < -0.39 is 0 Å². The zero-order chi connectivity index (χ0) is 16.2. The molecule has 0 saturated heterocycles. The highest BCUT2D eigenvalue weighted by Gasteiger charge is 2.11. The standard InChI is InChI=1S/C17H18N4O2/c1-12-9-15(22-2)16(23-3)10-14(12)11-21-19-17(18-20-21)13-7-5-4-6-8-13/h4-10H,11H2,1-3H3. The zero-order valence-corrected chi connectivity index (χ0v) is 13.4. The average Bonchev–Trinajstić information content (AvgIpc) is 3.05. The molecule has 0 unspecified atom stereocenters. The minimum absolute atomic E-state index is 0.520. The van der Waals surface area contributed by atoms with Crippen LogP contribution in [0.1, 0.15) is 11.1 Å². The number of aryl methyl sites for hydroxylation is 1. The highest BCUT2D eigenvalue weighted by molar-refractivity contribution is 5.53. The molecule has 0 N–H and O–H groups in total. The Bertz CT molecular complexity index is 800. The molecule has 3 aromatic rings. The Morgan fingerprint density at radius 3 is 2.39 bits per heavy atom. The molecule has 2 aromatic carbocycles. The van der Waals surface area contributed by atoms with Crippen molar-refractivity contribution >= 4 is 0 Å². The van der Waals surface area contributed by atoms with Crippen LogP contribution in [0.4, 0.5) is 0 Å². The SMILES string of the molecule is COc1cc(C)c(Cn2nnc(-c3ccccc3)n2)cc1OC. The van der Waals surface area contributed by atoms with E-state index in [1.54, 1.807) is 19.0 Å². The van der Waals surface area contributed by atoms with Gasteiger partial charge in [0.1, 0.15) is 0 Å². The Morgan fingerprint density at radius 1 is 1.00 bits per heavy atom. The van der Waals surface area contributed by atoms with E-state index in [4.69, 9.17) is 9.47 Å². The summed E-state index contributed by atoms with van der Waals surface area (Å²) in [7, 11) is 3.25. The fraction of sp³-hybridized carbons (Fsp3) is 0.235. The molecule has 0 amide bonds. The largest absolute Gasteiger partial charge is 0.493 e. The molecule has 0 spiro atoms. The van der Waals surface area contributed by atoms with Crippen LogP contribution >= 0.6 is 0 Å². The third-order valence-corrected chi connectivity index (χ3v) is 3.64. The van der Waals surface area contributed by atoms with E-state index in [1.807, 2.05) is 49.4 Å². The first-order valence-electron chi connectivity index (χ1n) is 7.26. The number of ether oxygens (including phenoxy) is 2. The summed E-state index contributed by atoms with van der Waals surface area (Å²) in [5.41, 5.74) is 3.09. The Kier molecular flexibility index (Phi) is 4.23. The van der Waals surface area contributed by atoms with Gasteiger partial charge < -0.3 is 9.47 Å². The van der Waals surface area contributed by atoms with Gasteiger partial charge in [0.25, 0.3) is 0 Å². The van der Waals surface area contributed by atoms with Gasteiger partial charge in [-0.3, -0.25) is 0 Å². The lowest BCUT2D eigenvalue weighted by molar-refractivity contribution is 0.354. The van der Waals surface area contributed by atoms with E-state index in [0.717, 1.165) is 16.7 Å². The van der Waals surface area contributed by atoms with E-state index in [2.05, 4.69) is 15.4 Å². The van der Waals surface area contributed by atoms with Crippen LogP contribution < -0.4 is 9.47 Å². The first kappa shape index (κ1) is 15.0. The Morgan fingerprint density at radius 2 is 1.70 bits per heavy atom. The predicted molar refractivity (Wildman–Crippen MR) is 86.6 cm³/mol. The number of hydrogen-bond acceptors (Lipinski definition) is 5. The van der Waals surface area contributed by atoms with Gasteiger partial charge in [-0.2, -0.15) is 4.80 Å². The van der Waals surface area contributed by atoms with E-state index in [-0.39, 0.29) is 0 Å². The number of benzene rings is 2. The molecule has 1 heterocycles. The van der Waals surface area contributed by atoms with Crippen molar-refractivity contribution in [3.05, 3.63) is 53.6 Å². The van der Waals surface area contributed by atoms with Crippen LogP contribution in [0.15, 0.2) is 42.5 Å². The summed E-state index contributed by atoms with van der Waals surface area (Å²) in [6.45, 7) is 2.54. The average molecular weight is 310 g/mol. The fourth-order valence-electron chi connectivity index (χ4n) is 2.36. The number of nitrogens with zero attached hydrogens (tertiary/aromatic N) is 4. The summed E-state index contributed by atoms with van der Waals surface area (Å²) in [5, 5.41) is 12.7. The summed E-state index contributed by atoms with van der Waals surface area (Å²) < 4.78 is 10.7. The molecule has 0 aliphatic rings. The lowest BCUT2D eigenvalue weighted by Crippen LogP contribution is -2.06. The fourth-order valence-corrected chi connectivity index (χ4v) is 2.36. The second-order valence-electron chi connectivity index (χ2n) is 5.14. The Hall–Kier alpha value is -2.89. The van der Waals surface area contributed by atoms with Crippen LogP contribution in [-0.4, -0.2) is 34.4 Å². The van der Waals surface area contributed by atoms with Crippen LogP contribution in [0.5, 0.6) is 11.5 Å². The summed E-state index contributed by atoms with van der Waals surface area (Å²) in [6, 6.07) is 13.7. The molecular formula is C17H18N4O2. The molecule has 0 bridgehead atoms. The van der Waals surface area contributed by atoms with Gasteiger partial charge in [-0.15, -0.1) is 10.2 Å². The molecule has 0 radical (unpaired) electrons. The molecule has 23 heavy (non-hydrogen) atoms. The smallest absolute Gasteiger partial charge is 0.204 e. The highest BCUT2D eigenvalue weighted by atomic mass is 16.5. The van der Waals surface area contributed by atoms with Crippen molar-refractivity contribution < 1.29 is 9.47 Å². The van der Waals surface area contributed by atoms with Gasteiger partial charge in [0.05, 0.1) is 20.8 Å². The maximum atomic E-state index is 5.35. The van der Waals surface area contributed by atoms with Crippen molar-refractivity contribution in [2.24, 2.45) is 0 Å². The van der Waals surface area contributed by atoms with E-state index >= 15 is 0 Å². The highest BCUT2D eigenvalue weighted by Crippen LogP contribution is 2.30. The normalized spacial score (nSPS) is 10.6. The van der Waals surface area contributed by atoms with Gasteiger partial charge in [-0.05, 0) is 35.4 Å². The zero-order valence-electron chi connectivity index (χ0n) is 13.4. The van der Waals surface area contributed by atoms with Gasteiger partial charge in [0, 0.05) is 5.56 Å². The quantitative estimate of drug-likeness (QED) is 0.725. The molecule has 0 aliphatic heterocycles. The van der Waals surface area contributed by atoms with E-state index in [1.165, 1.54) is 0 Å². The van der Waals surface area contributed by atoms with Crippen molar-refractivity contribution in [1.29, 1.82) is 0 Å². The lowest BCUT2D eigenvalue weighted by atomic mass is 10.1. The van der Waals surface area contributed by atoms with E-state index in [9.17, 15) is 0 Å². The lowest BCUT2D eigenvalue weighted by Gasteiger charge is -2.12. The van der Waals surface area contributed by atoms with E-state index in [0.29, 0.717) is 23.9 Å². The van der Waals surface area contributed by atoms with Crippen LogP contribution in [0.2, 0.25) is 0 Å². The molecule has 3 rings (SSSR count). The molecule has 0 atom stereocenters. The predicted octanol–water partition coefficient (Wildman–Crippen LogP) is 2.71. The Balaban J connectivity index is 1.87. The van der Waals surface area contributed by atoms with Crippen LogP contribution in [-0.2, 0) is 6.54 Å². The topological polar surface area (TPSA) is 62.1 Å². The number of methoxy groups -OCH3 is 2. The summed E-state index contributed by atoms with van der Waals surface area (Å²) in [5.74, 6) is 2.02. The number of rotatable bonds is 5. The molecule has 0 aliphatic carbocycles. The second kappa shape index (κ2) is 6.48. The summed E-state index contributed by atoms with van der Waals surface area (Å²) in [6.07, 6.45) is 0. The van der Waals surface area contributed by atoms with Crippen LogP contribution in [0, 0.1) is 6.92 Å². The third kappa shape index (κ3) is 3.15. The summed E-state index contributed by atoms with van der Waals surface area (Å²) >= 11 is 0. The third-order valence-electron chi connectivity index (χ3n) is 3.64. The van der Waals surface area contributed by atoms with Crippen molar-refractivity contribution in [1.82, 2.24) is 20.2 Å². The van der Waals surface area contributed by atoms with Gasteiger partial charge in [-0.1, -0.05) is 30.3 Å².